The van der Waals surface area contributed by atoms with E-state index in [1.54, 1.807) is 36.4 Å². The molecule has 0 bridgehead atoms. The average Bonchev–Trinajstić information content (AvgIpc) is 3.16. The second kappa shape index (κ2) is 10.7. The predicted molar refractivity (Wildman–Crippen MR) is 149 cm³/mol. The lowest BCUT2D eigenvalue weighted by atomic mass is 10.1. The van der Waals surface area contributed by atoms with E-state index in [4.69, 9.17) is 21.1 Å². The molecule has 4 aromatic rings. The molecule has 4 aromatic carbocycles. The quantitative estimate of drug-likeness (QED) is 0.184. The summed E-state index contributed by atoms with van der Waals surface area (Å²) in [6, 6.07) is 24.0. The second-order valence-corrected chi connectivity index (χ2v) is 9.63. The van der Waals surface area contributed by atoms with E-state index in [9.17, 15) is 9.59 Å². The summed E-state index contributed by atoms with van der Waals surface area (Å²) in [5.74, 6) is 0.602. The third-order valence-corrected chi connectivity index (χ3v) is 6.61. The number of carbonyl (C=O) groups excluding carboxylic acids is 2. The largest absolute Gasteiger partial charge is 0.490 e. The molecular weight excluding hydrogens is 556 g/mol. The van der Waals surface area contributed by atoms with Crippen molar-refractivity contribution in [3.8, 4) is 11.5 Å². The Morgan fingerprint density at radius 3 is 2.54 bits per heavy atom. The highest BCUT2D eigenvalue weighted by atomic mass is 79.9. The average molecular weight is 578 g/mol. The second-order valence-electron chi connectivity index (χ2n) is 8.34. The van der Waals surface area contributed by atoms with Gasteiger partial charge in [0.15, 0.2) is 11.5 Å². The van der Waals surface area contributed by atoms with Crippen LogP contribution in [0.15, 0.2) is 89.0 Å². The fourth-order valence-corrected chi connectivity index (χ4v) is 4.87. The summed E-state index contributed by atoms with van der Waals surface area (Å²) in [5, 5.41) is 5.38. The Bertz CT molecular complexity index is 1550. The number of rotatable bonds is 7. The lowest BCUT2D eigenvalue weighted by molar-refractivity contribution is -0.113. The molecule has 0 saturated carbocycles. The number of hydrogen-bond donors (Lipinski definition) is 1. The molecule has 1 aliphatic heterocycles. The molecule has 8 heteroatoms. The number of amides is 3. The number of imide groups is 1. The standard InChI is InChI=1S/C29H22BrClN2O4/c1-2-36-26-15-19(14-25-28(34)33(29(35)32-25)23-9-5-8-22(31)16-23)13-24(30)27(26)37-17-18-10-11-20-6-3-4-7-21(20)12-18/h3-16H,2,17H2,1H3,(H,32,35)/b25-14+. The number of benzene rings is 4. The van der Waals surface area contributed by atoms with E-state index in [2.05, 4.69) is 45.5 Å². The molecule has 5 rings (SSSR count). The summed E-state index contributed by atoms with van der Waals surface area (Å²) in [5.41, 5.74) is 2.22. The Morgan fingerprint density at radius 2 is 1.76 bits per heavy atom. The summed E-state index contributed by atoms with van der Waals surface area (Å²) in [6.45, 7) is 2.67. The van der Waals surface area contributed by atoms with Gasteiger partial charge >= 0.3 is 6.03 Å². The molecule has 1 saturated heterocycles. The first-order chi connectivity index (χ1) is 17.9. The minimum absolute atomic E-state index is 0.143. The van der Waals surface area contributed by atoms with E-state index in [1.165, 1.54) is 5.39 Å². The van der Waals surface area contributed by atoms with Crippen molar-refractivity contribution in [2.24, 2.45) is 0 Å². The summed E-state index contributed by atoms with van der Waals surface area (Å²) < 4.78 is 12.7. The van der Waals surface area contributed by atoms with Crippen LogP contribution in [-0.2, 0) is 11.4 Å². The van der Waals surface area contributed by atoms with E-state index < -0.39 is 11.9 Å². The van der Waals surface area contributed by atoms with Crippen molar-refractivity contribution < 1.29 is 19.1 Å². The number of anilines is 1. The van der Waals surface area contributed by atoms with Gasteiger partial charge in [0, 0.05) is 5.02 Å². The van der Waals surface area contributed by atoms with Crippen LogP contribution >= 0.6 is 27.5 Å². The molecule has 6 nitrogen and oxygen atoms in total. The van der Waals surface area contributed by atoms with E-state index >= 15 is 0 Å². The molecular formula is C29H22BrClN2O4. The number of carbonyl (C=O) groups is 2. The molecule has 1 heterocycles. The molecule has 1 N–H and O–H groups in total. The van der Waals surface area contributed by atoms with Gasteiger partial charge < -0.3 is 14.8 Å². The Kier molecular flexibility index (Phi) is 7.17. The maximum Gasteiger partial charge on any atom is 0.333 e. The van der Waals surface area contributed by atoms with Crippen LogP contribution in [0.4, 0.5) is 10.5 Å². The minimum Gasteiger partial charge on any atom is -0.490 e. The molecule has 37 heavy (non-hydrogen) atoms. The van der Waals surface area contributed by atoms with Gasteiger partial charge in [-0.3, -0.25) is 4.79 Å². The first kappa shape index (κ1) is 24.9. The van der Waals surface area contributed by atoms with Crippen LogP contribution in [0.1, 0.15) is 18.1 Å². The first-order valence-electron chi connectivity index (χ1n) is 11.6. The number of hydrogen-bond acceptors (Lipinski definition) is 4. The number of nitrogens with one attached hydrogen (secondary N) is 1. The molecule has 0 spiro atoms. The Morgan fingerprint density at radius 1 is 0.946 bits per heavy atom. The highest BCUT2D eigenvalue weighted by Gasteiger charge is 2.35. The molecule has 1 fully saturated rings. The Balaban J connectivity index is 1.40. The van der Waals surface area contributed by atoms with Gasteiger partial charge in [0.2, 0.25) is 0 Å². The number of urea groups is 1. The third kappa shape index (κ3) is 5.33. The summed E-state index contributed by atoms with van der Waals surface area (Å²) in [6.07, 6.45) is 1.60. The van der Waals surface area contributed by atoms with Crippen molar-refractivity contribution in [2.75, 3.05) is 11.5 Å². The van der Waals surface area contributed by atoms with Gasteiger partial charge in [-0.05, 0) is 87.2 Å². The number of ether oxygens (including phenoxy) is 2. The van der Waals surface area contributed by atoms with Crippen LogP contribution in [0.2, 0.25) is 5.02 Å². The van der Waals surface area contributed by atoms with Gasteiger partial charge in [-0.1, -0.05) is 54.1 Å². The van der Waals surface area contributed by atoms with Crippen LogP contribution in [-0.4, -0.2) is 18.5 Å². The van der Waals surface area contributed by atoms with Crippen LogP contribution in [0, 0.1) is 0 Å². The molecule has 0 aromatic heterocycles. The van der Waals surface area contributed by atoms with Crippen LogP contribution in [0.5, 0.6) is 11.5 Å². The van der Waals surface area contributed by atoms with Crippen LogP contribution < -0.4 is 19.7 Å². The topological polar surface area (TPSA) is 67.9 Å². The molecule has 0 aliphatic carbocycles. The first-order valence-corrected chi connectivity index (χ1v) is 12.8. The van der Waals surface area contributed by atoms with Gasteiger partial charge in [-0.15, -0.1) is 0 Å². The molecule has 186 valence electrons. The molecule has 0 radical (unpaired) electrons. The van der Waals surface area contributed by atoms with Crippen molar-refractivity contribution in [2.45, 2.75) is 13.5 Å². The highest BCUT2D eigenvalue weighted by molar-refractivity contribution is 9.10. The summed E-state index contributed by atoms with van der Waals surface area (Å²) in [4.78, 5) is 26.6. The highest BCUT2D eigenvalue weighted by Crippen LogP contribution is 2.38. The fraction of sp³-hybridized carbons (Fsp3) is 0.103. The maximum atomic E-state index is 13.0. The van der Waals surface area contributed by atoms with E-state index in [0.29, 0.717) is 45.5 Å². The number of halogens is 2. The van der Waals surface area contributed by atoms with Gasteiger partial charge in [0.1, 0.15) is 12.3 Å². The lowest BCUT2D eigenvalue weighted by Crippen LogP contribution is -2.30. The zero-order chi connectivity index (χ0) is 25.9. The summed E-state index contributed by atoms with van der Waals surface area (Å²) in [7, 11) is 0. The van der Waals surface area contributed by atoms with Gasteiger partial charge in [0.05, 0.1) is 16.8 Å². The SMILES string of the molecule is CCOc1cc(/C=C2/NC(=O)N(c3cccc(Cl)c3)C2=O)cc(Br)c1OCc1ccc2ccccc2c1. The third-order valence-electron chi connectivity index (χ3n) is 5.78. The molecule has 1 aliphatic rings. The minimum atomic E-state index is -0.544. The number of nitrogens with zero attached hydrogens (tertiary/aromatic N) is 1. The van der Waals surface area contributed by atoms with Gasteiger partial charge in [0.25, 0.3) is 5.91 Å². The lowest BCUT2D eigenvalue weighted by Gasteiger charge is -2.15. The van der Waals surface area contributed by atoms with Crippen molar-refractivity contribution in [3.63, 3.8) is 0 Å². The smallest absolute Gasteiger partial charge is 0.333 e. The van der Waals surface area contributed by atoms with Crippen molar-refractivity contribution in [3.05, 3.63) is 105 Å². The van der Waals surface area contributed by atoms with Crippen LogP contribution in [0.25, 0.3) is 16.8 Å². The van der Waals surface area contributed by atoms with E-state index in [0.717, 1.165) is 15.8 Å². The van der Waals surface area contributed by atoms with Crippen molar-refractivity contribution >= 4 is 62.0 Å². The monoisotopic (exact) mass is 576 g/mol. The van der Waals surface area contributed by atoms with Crippen molar-refractivity contribution in [1.82, 2.24) is 5.32 Å². The zero-order valence-corrected chi connectivity index (χ0v) is 22.2. The fourth-order valence-electron chi connectivity index (χ4n) is 4.11. The predicted octanol–water partition coefficient (Wildman–Crippen LogP) is 7.33. The van der Waals surface area contributed by atoms with Gasteiger partial charge in [-0.25, -0.2) is 9.69 Å². The van der Waals surface area contributed by atoms with E-state index in [1.807, 2.05) is 31.2 Å². The Hall–Kier alpha value is -3.81. The normalized spacial score (nSPS) is 14.4. The maximum absolute atomic E-state index is 13.0. The zero-order valence-electron chi connectivity index (χ0n) is 19.8. The van der Waals surface area contributed by atoms with Crippen molar-refractivity contribution in [1.29, 1.82) is 0 Å². The Labute approximate surface area is 227 Å². The van der Waals surface area contributed by atoms with Gasteiger partial charge in [-0.2, -0.15) is 0 Å². The summed E-state index contributed by atoms with van der Waals surface area (Å²) >= 11 is 9.62. The van der Waals surface area contributed by atoms with E-state index in [-0.39, 0.29) is 5.70 Å². The molecule has 0 unspecified atom stereocenters. The van der Waals surface area contributed by atoms with Crippen LogP contribution in [0.3, 0.4) is 0 Å². The molecule has 3 amide bonds. The number of fused-ring (bicyclic) bond motifs is 1. The molecule has 0 atom stereocenters.